The third-order valence-electron chi connectivity index (χ3n) is 1.79. The Morgan fingerprint density at radius 2 is 2.13 bits per heavy atom. The molecule has 0 spiro atoms. The van der Waals surface area contributed by atoms with Crippen LogP contribution in [0.3, 0.4) is 0 Å². The molecule has 0 saturated heterocycles. The average Bonchev–Trinajstić information content (AvgIpc) is 2.28. The van der Waals surface area contributed by atoms with Gasteiger partial charge in [-0.3, -0.25) is 4.79 Å². The maximum atomic E-state index is 10.2. The summed E-state index contributed by atoms with van der Waals surface area (Å²) in [5.74, 6) is 0.623. The lowest BCUT2D eigenvalue weighted by molar-refractivity contribution is -0.133. The Kier molecular flexibility index (Phi) is 3.84. The zero-order chi connectivity index (χ0) is 11.3. The predicted molar refractivity (Wildman–Crippen MR) is 50.7 cm³/mol. The van der Waals surface area contributed by atoms with E-state index in [1.807, 2.05) is 0 Å². The molecule has 0 N–H and O–H groups in total. The molecule has 6 nitrogen and oxygen atoms in total. The van der Waals surface area contributed by atoms with Crippen molar-refractivity contribution in [1.29, 1.82) is 0 Å². The Morgan fingerprint density at radius 3 is 2.67 bits per heavy atom. The van der Waals surface area contributed by atoms with Gasteiger partial charge in [-0.1, -0.05) is 0 Å². The third kappa shape index (κ3) is 2.55. The van der Waals surface area contributed by atoms with Crippen LogP contribution in [0, 0.1) is 0 Å². The fraction of sp³-hybridized carbons (Fsp3) is 0.444. The van der Waals surface area contributed by atoms with Crippen LogP contribution in [-0.2, 0) is 9.53 Å². The van der Waals surface area contributed by atoms with E-state index in [0.717, 1.165) is 0 Å². The molecular formula is C9H12N2O4. The summed E-state index contributed by atoms with van der Waals surface area (Å²) in [5, 5.41) is 0. The van der Waals surface area contributed by atoms with Gasteiger partial charge in [0.25, 0.3) is 6.47 Å². The Hall–Kier alpha value is -1.85. The van der Waals surface area contributed by atoms with Crippen LogP contribution in [0.25, 0.3) is 0 Å². The number of carbonyl (C=O) groups excluding carboxylic acids is 1. The normalized spacial score (nSPS) is 11.7. The zero-order valence-electron chi connectivity index (χ0n) is 8.76. The van der Waals surface area contributed by atoms with Crippen molar-refractivity contribution in [2.75, 3.05) is 14.2 Å². The molecule has 0 aliphatic carbocycles. The van der Waals surface area contributed by atoms with Crippen molar-refractivity contribution in [2.45, 2.75) is 13.0 Å². The SMILES string of the molecule is COc1cnc(C(C)OC=O)c(OC)n1. The first-order chi connectivity index (χ1) is 7.22. The number of hydrogen-bond acceptors (Lipinski definition) is 6. The predicted octanol–water partition coefficient (Wildman–Crippen LogP) is 0.728. The molecule has 1 aromatic heterocycles. The maximum absolute atomic E-state index is 10.2. The van der Waals surface area contributed by atoms with Gasteiger partial charge in [0, 0.05) is 0 Å². The maximum Gasteiger partial charge on any atom is 0.293 e. The molecule has 0 saturated carbocycles. The average molecular weight is 212 g/mol. The molecule has 82 valence electrons. The molecule has 1 atom stereocenters. The van der Waals surface area contributed by atoms with Crippen molar-refractivity contribution < 1.29 is 19.0 Å². The number of hydrogen-bond donors (Lipinski definition) is 0. The van der Waals surface area contributed by atoms with Gasteiger partial charge >= 0.3 is 0 Å². The van der Waals surface area contributed by atoms with E-state index in [1.165, 1.54) is 20.4 Å². The summed E-state index contributed by atoms with van der Waals surface area (Å²) < 4.78 is 14.6. The van der Waals surface area contributed by atoms with Gasteiger partial charge in [0.1, 0.15) is 11.8 Å². The standard InChI is InChI=1S/C9H12N2O4/c1-6(15-5-12)8-9(14-3)11-7(13-2)4-10-8/h4-6H,1-3H3. The van der Waals surface area contributed by atoms with Gasteiger partial charge in [0.2, 0.25) is 11.8 Å². The lowest BCUT2D eigenvalue weighted by Gasteiger charge is -2.12. The van der Waals surface area contributed by atoms with Crippen LogP contribution in [0.4, 0.5) is 0 Å². The number of methoxy groups -OCH3 is 2. The first-order valence-corrected chi connectivity index (χ1v) is 4.27. The van der Waals surface area contributed by atoms with Gasteiger partial charge in [-0.2, -0.15) is 4.98 Å². The molecule has 1 rings (SSSR count). The van der Waals surface area contributed by atoms with E-state index in [-0.39, 0.29) is 5.88 Å². The van der Waals surface area contributed by atoms with E-state index in [4.69, 9.17) is 14.2 Å². The second-order valence-electron chi connectivity index (χ2n) is 2.68. The number of nitrogens with zero attached hydrogens (tertiary/aromatic N) is 2. The molecule has 1 heterocycles. The summed E-state index contributed by atoms with van der Waals surface area (Å²) in [6.07, 6.45) is 0.929. The molecule has 0 aromatic carbocycles. The van der Waals surface area contributed by atoms with E-state index in [9.17, 15) is 4.79 Å². The highest BCUT2D eigenvalue weighted by molar-refractivity contribution is 5.38. The van der Waals surface area contributed by atoms with Crippen LogP contribution in [0.1, 0.15) is 18.7 Å². The van der Waals surface area contributed by atoms with E-state index in [0.29, 0.717) is 18.0 Å². The summed E-state index contributed by atoms with van der Waals surface area (Å²) in [4.78, 5) is 18.2. The van der Waals surface area contributed by atoms with Crippen LogP contribution in [0.5, 0.6) is 11.8 Å². The van der Waals surface area contributed by atoms with Crippen LogP contribution in [-0.4, -0.2) is 30.7 Å². The van der Waals surface area contributed by atoms with Crippen molar-refractivity contribution >= 4 is 6.47 Å². The third-order valence-corrected chi connectivity index (χ3v) is 1.79. The van der Waals surface area contributed by atoms with Crippen LogP contribution >= 0.6 is 0 Å². The van der Waals surface area contributed by atoms with E-state index >= 15 is 0 Å². The van der Waals surface area contributed by atoms with Gasteiger partial charge < -0.3 is 14.2 Å². The van der Waals surface area contributed by atoms with Crippen molar-refractivity contribution in [1.82, 2.24) is 9.97 Å². The smallest absolute Gasteiger partial charge is 0.293 e. The number of ether oxygens (including phenoxy) is 3. The van der Waals surface area contributed by atoms with Crippen LogP contribution < -0.4 is 9.47 Å². The Bertz CT molecular complexity index is 343. The second-order valence-corrected chi connectivity index (χ2v) is 2.68. The summed E-state index contributed by atoms with van der Waals surface area (Å²) in [6, 6.07) is 0. The van der Waals surface area contributed by atoms with E-state index < -0.39 is 6.10 Å². The topological polar surface area (TPSA) is 70.5 Å². The van der Waals surface area contributed by atoms with Gasteiger partial charge in [-0.05, 0) is 6.92 Å². The lowest BCUT2D eigenvalue weighted by atomic mass is 10.3. The molecule has 15 heavy (non-hydrogen) atoms. The number of rotatable bonds is 5. The lowest BCUT2D eigenvalue weighted by Crippen LogP contribution is -2.06. The van der Waals surface area contributed by atoms with E-state index in [2.05, 4.69) is 9.97 Å². The summed E-state index contributed by atoms with van der Waals surface area (Å²) in [5.41, 5.74) is 0.449. The van der Waals surface area contributed by atoms with Crippen molar-refractivity contribution in [3.8, 4) is 11.8 Å². The fourth-order valence-corrected chi connectivity index (χ4v) is 1.04. The summed E-state index contributed by atoms with van der Waals surface area (Å²) in [6.45, 7) is 2.03. The monoisotopic (exact) mass is 212 g/mol. The van der Waals surface area contributed by atoms with Gasteiger partial charge in [0.15, 0.2) is 0 Å². The molecule has 0 fully saturated rings. The quantitative estimate of drug-likeness (QED) is 0.670. The minimum atomic E-state index is -0.504. The molecular weight excluding hydrogens is 200 g/mol. The Labute approximate surface area is 87.2 Å². The number of aromatic nitrogens is 2. The van der Waals surface area contributed by atoms with Gasteiger partial charge in [-0.25, -0.2) is 4.98 Å². The first kappa shape index (κ1) is 11.2. The molecule has 0 aliphatic rings. The van der Waals surface area contributed by atoms with E-state index in [1.54, 1.807) is 6.92 Å². The largest absolute Gasteiger partial charge is 0.480 e. The highest BCUT2D eigenvalue weighted by atomic mass is 16.5. The Balaban J connectivity index is 3.01. The molecule has 1 aromatic rings. The highest BCUT2D eigenvalue weighted by Gasteiger charge is 2.16. The van der Waals surface area contributed by atoms with Crippen LogP contribution in [0.15, 0.2) is 6.20 Å². The van der Waals surface area contributed by atoms with Crippen LogP contribution in [0.2, 0.25) is 0 Å². The van der Waals surface area contributed by atoms with Gasteiger partial charge in [0.05, 0.1) is 20.4 Å². The van der Waals surface area contributed by atoms with Crippen molar-refractivity contribution in [3.63, 3.8) is 0 Å². The minimum Gasteiger partial charge on any atom is -0.480 e. The highest BCUT2D eigenvalue weighted by Crippen LogP contribution is 2.24. The zero-order valence-corrected chi connectivity index (χ0v) is 8.76. The summed E-state index contributed by atoms with van der Waals surface area (Å²) in [7, 11) is 2.94. The molecule has 0 radical (unpaired) electrons. The Morgan fingerprint density at radius 1 is 1.40 bits per heavy atom. The first-order valence-electron chi connectivity index (χ1n) is 4.27. The minimum absolute atomic E-state index is 0.281. The summed E-state index contributed by atoms with van der Waals surface area (Å²) >= 11 is 0. The van der Waals surface area contributed by atoms with Crippen molar-refractivity contribution in [3.05, 3.63) is 11.9 Å². The van der Waals surface area contributed by atoms with Crippen molar-refractivity contribution in [2.24, 2.45) is 0 Å². The fourth-order valence-electron chi connectivity index (χ4n) is 1.04. The molecule has 0 amide bonds. The second kappa shape index (κ2) is 5.14. The molecule has 6 heteroatoms. The van der Waals surface area contributed by atoms with Gasteiger partial charge in [-0.15, -0.1) is 0 Å². The number of carbonyl (C=O) groups is 1. The molecule has 1 unspecified atom stereocenters. The molecule has 0 bridgehead atoms. The molecule has 0 aliphatic heterocycles.